The van der Waals surface area contributed by atoms with Crippen LogP contribution in [0, 0.1) is 0 Å². The highest BCUT2D eigenvalue weighted by Crippen LogP contribution is 2.23. The molecule has 0 spiro atoms. The third-order valence-corrected chi connectivity index (χ3v) is 2.47. The molecule has 4 nitrogen and oxygen atoms in total. The fraction of sp³-hybridized carbons (Fsp3) is 0.111. The van der Waals surface area contributed by atoms with Gasteiger partial charge >= 0.3 is 5.97 Å². The molecule has 14 heavy (non-hydrogen) atoms. The van der Waals surface area contributed by atoms with Crippen molar-refractivity contribution in [2.75, 3.05) is 0 Å². The van der Waals surface area contributed by atoms with Crippen molar-refractivity contribution in [2.45, 2.75) is 6.42 Å². The number of carboxylic acids is 1. The molecular formula is C9H7NO3S. The van der Waals surface area contributed by atoms with E-state index >= 15 is 0 Å². The van der Waals surface area contributed by atoms with Crippen LogP contribution in [0.2, 0.25) is 0 Å². The van der Waals surface area contributed by atoms with Crippen molar-refractivity contribution >= 4 is 17.3 Å². The summed E-state index contributed by atoms with van der Waals surface area (Å²) in [6.07, 6.45) is 1.32. The van der Waals surface area contributed by atoms with Crippen molar-refractivity contribution < 1.29 is 14.3 Å². The van der Waals surface area contributed by atoms with E-state index in [1.165, 1.54) is 17.5 Å². The van der Waals surface area contributed by atoms with Crippen molar-refractivity contribution in [1.29, 1.82) is 0 Å². The molecule has 0 saturated carbocycles. The summed E-state index contributed by atoms with van der Waals surface area (Å²) >= 11 is 1.50. The number of rotatable bonds is 3. The Bertz CT molecular complexity index is 433. The van der Waals surface area contributed by atoms with E-state index in [0.717, 1.165) is 4.88 Å². The molecular weight excluding hydrogens is 202 g/mol. The van der Waals surface area contributed by atoms with Gasteiger partial charge in [-0.15, -0.1) is 11.3 Å². The molecule has 72 valence electrons. The second-order valence-electron chi connectivity index (χ2n) is 2.68. The molecule has 0 atom stereocenters. The molecule has 0 saturated heterocycles. The number of hydrogen-bond acceptors (Lipinski definition) is 4. The van der Waals surface area contributed by atoms with Gasteiger partial charge in [0.2, 0.25) is 5.89 Å². The average Bonchev–Trinajstić information content (AvgIpc) is 2.69. The Balaban J connectivity index is 2.22. The second kappa shape index (κ2) is 3.63. The first-order chi connectivity index (χ1) is 6.75. The first-order valence-corrected chi connectivity index (χ1v) is 4.84. The van der Waals surface area contributed by atoms with E-state index in [2.05, 4.69) is 4.98 Å². The first-order valence-electron chi connectivity index (χ1n) is 3.96. The summed E-state index contributed by atoms with van der Waals surface area (Å²) in [6, 6.07) is 3.77. The zero-order chi connectivity index (χ0) is 9.97. The van der Waals surface area contributed by atoms with Gasteiger partial charge in [-0.25, -0.2) is 4.98 Å². The number of carboxylic acid groups (broad SMARTS) is 1. The lowest BCUT2D eigenvalue weighted by Gasteiger charge is -1.88. The van der Waals surface area contributed by atoms with Crippen molar-refractivity contribution in [3.8, 4) is 10.8 Å². The number of oxazole rings is 1. The number of hydrogen-bond donors (Lipinski definition) is 1. The molecule has 0 aliphatic carbocycles. The largest absolute Gasteiger partial charge is 0.481 e. The lowest BCUT2D eigenvalue weighted by atomic mass is 10.4. The number of carbonyl (C=O) groups is 1. The fourth-order valence-electron chi connectivity index (χ4n) is 1.05. The van der Waals surface area contributed by atoms with E-state index in [-0.39, 0.29) is 6.42 Å². The minimum atomic E-state index is -0.918. The molecule has 0 fully saturated rings. The number of nitrogens with zero attached hydrogens (tertiary/aromatic N) is 1. The highest BCUT2D eigenvalue weighted by molar-refractivity contribution is 7.13. The van der Waals surface area contributed by atoms with Crippen LogP contribution in [0.15, 0.2) is 28.1 Å². The van der Waals surface area contributed by atoms with Gasteiger partial charge in [-0.2, -0.15) is 0 Å². The van der Waals surface area contributed by atoms with Gasteiger partial charge in [0.1, 0.15) is 12.2 Å². The van der Waals surface area contributed by atoms with Gasteiger partial charge < -0.3 is 9.52 Å². The molecule has 0 aliphatic heterocycles. The Hall–Kier alpha value is -1.62. The van der Waals surface area contributed by atoms with Crippen LogP contribution >= 0.6 is 11.3 Å². The maximum Gasteiger partial charge on any atom is 0.311 e. The van der Waals surface area contributed by atoms with E-state index in [9.17, 15) is 4.79 Å². The van der Waals surface area contributed by atoms with Crippen molar-refractivity contribution in [1.82, 2.24) is 4.98 Å². The van der Waals surface area contributed by atoms with Crippen LogP contribution in [-0.2, 0) is 11.2 Å². The number of aromatic nitrogens is 1. The molecule has 2 rings (SSSR count). The van der Waals surface area contributed by atoms with Crippen molar-refractivity contribution in [2.24, 2.45) is 0 Å². The zero-order valence-corrected chi connectivity index (χ0v) is 7.95. The molecule has 0 bridgehead atoms. The lowest BCUT2D eigenvalue weighted by Crippen LogP contribution is -1.97. The standard InChI is InChI=1S/C9H7NO3S/c11-8(12)4-6-5-10-9(13-6)7-2-1-3-14-7/h1-3,5H,4H2,(H,11,12). The molecule has 2 aromatic rings. The molecule has 0 aromatic carbocycles. The predicted molar refractivity (Wildman–Crippen MR) is 51.2 cm³/mol. The van der Waals surface area contributed by atoms with Crippen molar-refractivity contribution in [3.05, 3.63) is 29.5 Å². The summed E-state index contributed by atoms with van der Waals surface area (Å²) in [5.74, 6) is -0.0592. The van der Waals surface area contributed by atoms with Crippen LogP contribution in [0.5, 0.6) is 0 Å². The third kappa shape index (κ3) is 1.82. The van der Waals surface area contributed by atoms with Crippen LogP contribution in [-0.4, -0.2) is 16.1 Å². The Labute approximate surface area is 83.8 Å². The quantitative estimate of drug-likeness (QED) is 0.840. The van der Waals surface area contributed by atoms with Crippen molar-refractivity contribution in [3.63, 3.8) is 0 Å². The van der Waals surface area contributed by atoms with Gasteiger partial charge in [0.25, 0.3) is 0 Å². The van der Waals surface area contributed by atoms with Crippen LogP contribution in [0.1, 0.15) is 5.76 Å². The fourth-order valence-corrected chi connectivity index (χ4v) is 1.71. The highest BCUT2D eigenvalue weighted by Gasteiger charge is 2.09. The molecule has 0 radical (unpaired) electrons. The van der Waals surface area contributed by atoms with Gasteiger partial charge in [-0.1, -0.05) is 6.07 Å². The van der Waals surface area contributed by atoms with E-state index in [1.807, 2.05) is 17.5 Å². The van der Waals surface area contributed by atoms with Gasteiger partial charge in [0.15, 0.2) is 0 Å². The Morgan fingerprint density at radius 1 is 1.64 bits per heavy atom. The minimum absolute atomic E-state index is 0.127. The van der Waals surface area contributed by atoms with E-state index in [1.54, 1.807) is 0 Å². The molecule has 2 aromatic heterocycles. The average molecular weight is 209 g/mol. The number of thiophene rings is 1. The third-order valence-electron chi connectivity index (χ3n) is 1.61. The highest BCUT2D eigenvalue weighted by atomic mass is 32.1. The second-order valence-corrected chi connectivity index (χ2v) is 3.63. The molecule has 0 unspecified atom stereocenters. The summed E-state index contributed by atoms with van der Waals surface area (Å²) in [5, 5.41) is 10.4. The number of aliphatic carboxylic acids is 1. The van der Waals surface area contributed by atoms with Crippen LogP contribution in [0.25, 0.3) is 10.8 Å². The molecule has 0 aliphatic rings. The molecule has 5 heteroatoms. The van der Waals surface area contributed by atoms with Gasteiger partial charge in [0, 0.05) is 0 Å². The van der Waals surface area contributed by atoms with Crippen LogP contribution < -0.4 is 0 Å². The van der Waals surface area contributed by atoms with Gasteiger partial charge in [-0.05, 0) is 11.4 Å². The molecule has 1 N–H and O–H groups in total. The summed E-state index contributed by atoms with van der Waals surface area (Å²) in [6.45, 7) is 0. The van der Waals surface area contributed by atoms with E-state index in [4.69, 9.17) is 9.52 Å². The summed E-state index contributed by atoms with van der Waals surface area (Å²) < 4.78 is 5.26. The molecule has 0 amide bonds. The Morgan fingerprint density at radius 2 is 2.50 bits per heavy atom. The predicted octanol–water partition coefficient (Wildman–Crippen LogP) is 2.03. The maximum atomic E-state index is 10.4. The van der Waals surface area contributed by atoms with Gasteiger partial charge in [-0.3, -0.25) is 4.79 Å². The minimum Gasteiger partial charge on any atom is -0.481 e. The molecule has 2 heterocycles. The van der Waals surface area contributed by atoms with Gasteiger partial charge in [0.05, 0.1) is 11.1 Å². The van der Waals surface area contributed by atoms with Crippen LogP contribution in [0.3, 0.4) is 0 Å². The van der Waals surface area contributed by atoms with Crippen LogP contribution in [0.4, 0.5) is 0 Å². The zero-order valence-electron chi connectivity index (χ0n) is 7.14. The summed E-state index contributed by atoms with van der Waals surface area (Å²) in [4.78, 5) is 15.3. The normalized spacial score (nSPS) is 10.3. The smallest absolute Gasteiger partial charge is 0.311 e. The van der Waals surface area contributed by atoms with E-state index < -0.39 is 5.97 Å². The Morgan fingerprint density at radius 3 is 3.14 bits per heavy atom. The lowest BCUT2D eigenvalue weighted by molar-refractivity contribution is -0.136. The summed E-state index contributed by atoms with van der Waals surface area (Å²) in [7, 11) is 0. The summed E-state index contributed by atoms with van der Waals surface area (Å²) in [5.41, 5.74) is 0. The SMILES string of the molecule is O=C(O)Cc1cnc(-c2cccs2)o1. The monoisotopic (exact) mass is 209 g/mol. The maximum absolute atomic E-state index is 10.4. The topological polar surface area (TPSA) is 63.3 Å². The first kappa shape index (κ1) is 8.96. The Kier molecular flexibility index (Phi) is 2.32. The van der Waals surface area contributed by atoms with E-state index in [0.29, 0.717) is 11.7 Å².